The van der Waals surface area contributed by atoms with Crippen LogP contribution in [0.4, 0.5) is 0 Å². The highest BCUT2D eigenvalue weighted by Gasteiger charge is 2.18. The lowest BCUT2D eigenvalue weighted by atomic mass is 10.2. The normalized spacial score (nSPS) is 21.8. The molecule has 1 rings (SSSR count). The van der Waals surface area contributed by atoms with E-state index in [1.807, 2.05) is 0 Å². The van der Waals surface area contributed by atoms with Crippen LogP contribution in [0.1, 0.15) is 6.42 Å². The van der Waals surface area contributed by atoms with Gasteiger partial charge in [0.2, 0.25) is 0 Å². The van der Waals surface area contributed by atoms with Crippen LogP contribution < -0.4 is 5.32 Å². The smallest absolute Gasteiger partial charge is 0.121 e. The fourth-order valence-electron chi connectivity index (χ4n) is 1.56. The molecule has 0 aromatic heterocycles. The quantitative estimate of drug-likeness (QED) is 0.659. The molecule has 1 aliphatic heterocycles. The maximum Gasteiger partial charge on any atom is 0.121 e. The highest BCUT2D eigenvalue weighted by molar-refractivity contribution is 4.92. The second-order valence-corrected chi connectivity index (χ2v) is 3.24. The van der Waals surface area contributed by atoms with Gasteiger partial charge in [-0.05, 0) is 13.0 Å². The maximum absolute atomic E-state index is 8.91. The predicted molar refractivity (Wildman–Crippen MR) is 50.3 cm³/mol. The lowest BCUT2D eigenvalue weighted by molar-refractivity contribution is 0.121. The predicted octanol–water partition coefficient (Wildman–Crippen LogP) is -0.180. The first kappa shape index (κ1) is 10.5. The van der Waals surface area contributed by atoms with E-state index in [4.69, 9.17) is 10.00 Å². The van der Waals surface area contributed by atoms with Gasteiger partial charge in [0.25, 0.3) is 0 Å². The van der Waals surface area contributed by atoms with E-state index in [9.17, 15) is 0 Å². The molecular weight excluding hydrogens is 166 g/mol. The molecule has 0 aromatic rings. The van der Waals surface area contributed by atoms with Crippen LogP contribution in [-0.4, -0.2) is 50.8 Å². The molecule has 0 amide bonds. The van der Waals surface area contributed by atoms with Gasteiger partial charge < -0.3 is 10.1 Å². The van der Waals surface area contributed by atoms with Gasteiger partial charge in [0.1, 0.15) is 6.04 Å². The summed E-state index contributed by atoms with van der Waals surface area (Å²) in [6.45, 7) is 4.48. The summed E-state index contributed by atoms with van der Waals surface area (Å²) >= 11 is 0. The molecule has 74 valence electrons. The van der Waals surface area contributed by atoms with Crippen LogP contribution in [0.2, 0.25) is 0 Å². The molecule has 1 atom stereocenters. The van der Waals surface area contributed by atoms with Crippen LogP contribution in [-0.2, 0) is 4.74 Å². The van der Waals surface area contributed by atoms with Crippen molar-refractivity contribution in [2.45, 2.75) is 12.5 Å². The van der Waals surface area contributed by atoms with Crippen molar-refractivity contribution in [3.8, 4) is 6.07 Å². The molecule has 0 spiro atoms. The third-order valence-electron chi connectivity index (χ3n) is 2.29. The number of rotatable bonds is 3. The van der Waals surface area contributed by atoms with Crippen LogP contribution in [0.15, 0.2) is 0 Å². The van der Waals surface area contributed by atoms with Crippen LogP contribution in [0.5, 0.6) is 0 Å². The molecule has 1 N–H and O–H groups in total. The second kappa shape index (κ2) is 5.92. The molecule has 1 fully saturated rings. The topological polar surface area (TPSA) is 48.3 Å². The van der Waals surface area contributed by atoms with E-state index in [0.29, 0.717) is 6.61 Å². The second-order valence-electron chi connectivity index (χ2n) is 3.24. The maximum atomic E-state index is 8.91. The first-order valence-electron chi connectivity index (χ1n) is 4.72. The molecular formula is C9H17N3O. The summed E-state index contributed by atoms with van der Waals surface area (Å²) < 4.78 is 5.00. The minimum Gasteiger partial charge on any atom is -0.382 e. The summed E-state index contributed by atoms with van der Waals surface area (Å²) in [5.41, 5.74) is 0. The average Bonchev–Trinajstić information content (AvgIpc) is 2.42. The van der Waals surface area contributed by atoms with Gasteiger partial charge >= 0.3 is 0 Å². The molecule has 4 heteroatoms. The molecule has 4 nitrogen and oxygen atoms in total. The van der Waals surface area contributed by atoms with Gasteiger partial charge in [-0.1, -0.05) is 0 Å². The Bertz CT molecular complexity index is 170. The monoisotopic (exact) mass is 183 g/mol. The van der Waals surface area contributed by atoms with E-state index in [1.54, 1.807) is 7.11 Å². The van der Waals surface area contributed by atoms with Crippen molar-refractivity contribution in [2.24, 2.45) is 0 Å². The van der Waals surface area contributed by atoms with Crippen molar-refractivity contribution in [1.29, 1.82) is 5.26 Å². The van der Waals surface area contributed by atoms with Crippen molar-refractivity contribution < 1.29 is 4.74 Å². The zero-order chi connectivity index (χ0) is 9.52. The standard InChI is InChI=1S/C9H17N3O/c1-13-8-9(7-10)12-5-2-3-11-4-6-12/h9,11H,2-6,8H2,1H3. The Hall–Kier alpha value is -0.630. The third-order valence-corrected chi connectivity index (χ3v) is 2.29. The number of ether oxygens (including phenoxy) is 1. The Morgan fingerprint density at radius 2 is 2.38 bits per heavy atom. The largest absolute Gasteiger partial charge is 0.382 e. The summed E-state index contributed by atoms with van der Waals surface area (Å²) in [6.07, 6.45) is 1.11. The van der Waals surface area contributed by atoms with Crippen molar-refractivity contribution in [2.75, 3.05) is 39.9 Å². The van der Waals surface area contributed by atoms with Gasteiger partial charge in [-0.3, -0.25) is 4.90 Å². The number of methoxy groups -OCH3 is 1. The number of nitrogens with one attached hydrogen (secondary N) is 1. The lowest BCUT2D eigenvalue weighted by Crippen LogP contribution is -2.39. The molecule has 0 aliphatic carbocycles. The fourth-order valence-corrected chi connectivity index (χ4v) is 1.56. The van der Waals surface area contributed by atoms with E-state index < -0.39 is 0 Å². The minimum atomic E-state index is -0.0788. The van der Waals surface area contributed by atoms with Crippen molar-refractivity contribution >= 4 is 0 Å². The first-order valence-corrected chi connectivity index (χ1v) is 4.72. The van der Waals surface area contributed by atoms with Crippen LogP contribution in [0.25, 0.3) is 0 Å². The Kier molecular flexibility index (Phi) is 4.76. The summed E-state index contributed by atoms with van der Waals surface area (Å²) in [7, 11) is 1.64. The highest BCUT2D eigenvalue weighted by Crippen LogP contribution is 2.02. The minimum absolute atomic E-state index is 0.0788. The number of hydrogen-bond acceptors (Lipinski definition) is 4. The highest BCUT2D eigenvalue weighted by atomic mass is 16.5. The van der Waals surface area contributed by atoms with E-state index in [1.165, 1.54) is 0 Å². The summed E-state index contributed by atoms with van der Waals surface area (Å²) in [5, 5.41) is 12.2. The van der Waals surface area contributed by atoms with Gasteiger partial charge in [0.15, 0.2) is 0 Å². The molecule has 1 saturated heterocycles. The molecule has 0 bridgehead atoms. The summed E-state index contributed by atoms with van der Waals surface area (Å²) in [4.78, 5) is 2.18. The van der Waals surface area contributed by atoms with E-state index in [0.717, 1.165) is 32.6 Å². The van der Waals surface area contributed by atoms with Gasteiger partial charge in [-0.15, -0.1) is 0 Å². The van der Waals surface area contributed by atoms with Crippen molar-refractivity contribution in [3.05, 3.63) is 0 Å². The van der Waals surface area contributed by atoms with Crippen LogP contribution in [0, 0.1) is 11.3 Å². The fraction of sp³-hybridized carbons (Fsp3) is 0.889. The average molecular weight is 183 g/mol. The lowest BCUT2D eigenvalue weighted by Gasteiger charge is -2.24. The van der Waals surface area contributed by atoms with Gasteiger partial charge in [0, 0.05) is 26.7 Å². The Morgan fingerprint density at radius 3 is 3.08 bits per heavy atom. The van der Waals surface area contributed by atoms with E-state index >= 15 is 0 Å². The number of nitrogens with zero attached hydrogens (tertiary/aromatic N) is 2. The van der Waals surface area contributed by atoms with Crippen LogP contribution in [0.3, 0.4) is 0 Å². The zero-order valence-electron chi connectivity index (χ0n) is 8.12. The summed E-state index contributed by atoms with van der Waals surface area (Å²) in [6, 6.07) is 2.19. The summed E-state index contributed by atoms with van der Waals surface area (Å²) in [5.74, 6) is 0. The van der Waals surface area contributed by atoms with E-state index in [2.05, 4.69) is 16.3 Å². The SMILES string of the molecule is COCC(C#N)N1CCCNCC1. The Balaban J connectivity index is 2.41. The van der Waals surface area contributed by atoms with Crippen molar-refractivity contribution in [3.63, 3.8) is 0 Å². The van der Waals surface area contributed by atoms with Gasteiger partial charge in [-0.2, -0.15) is 5.26 Å². The molecule has 0 aromatic carbocycles. The third kappa shape index (κ3) is 3.31. The molecule has 1 heterocycles. The Morgan fingerprint density at radius 1 is 1.54 bits per heavy atom. The molecule has 0 radical (unpaired) electrons. The molecule has 0 saturated carbocycles. The van der Waals surface area contributed by atoms with Crippen LogP contribution >= 0.6 is 0 Å². The molecule has 1 unspecified atom stereocenters. The zero-order valence-corrected chi connectivity index (χ0v) is 8.12. The first-order chi connectivity index (χ1) is 6.38. The van der Waals surface area contributed by atoms with Gasteiger partial charge in [-0.25, -0.2) is 0 Å². The number of nitriles is 1. The van der Waals surface area contributed by atoms with E-state index in [-0.39, 0.29) is 6.04 Å². The van der Waals surface area contributed by atoms with Gasteiger partial charge in [0.05, 0.1) is 12.7 Å². The molecule has 13 heavy (non-hydrogen) atoms. The molecule has 1 aliphatic rings. The Labute approximate surface area is 79.5 Å². The van der Waals surface area contributed by atoms with Crippen molar-refractivity contribution in [1.82, 2.24) is 10.2 Å². The number of hydrogen-bond donors (Lipinski definition) is 1.